The molecule has 3 N–H and O–H groups in total. The fourth-order valence-electron chi connectivity index (χ4n) is 1.56. The number of likely N-dealkylation sites (N-methyl/N-ethyl adjacent to an activating group) is 1. The molecule has 0 aliphatic carbocycles. The van der Waals surface area contributed by atoms with Crippen molar-refractivity contribution in [1.29, 1.82) is 0 Å². The molecule has 0 aliphatic rings. The molecule has 1 rings (SSSR count). The Morgan fingerprint density at radius 2 is 2.05 bits per heavy atom. The lowest BCUT2D eigenvalue weighted by atomic mass is 10.1. The molecule has 5 nitrogen and oxygen atoms in total. The molecule has 0 aliphatic heterocycles. The lowest BCUT2D eigenvalue weighted by Gasteiger charge is -2.13. The van der Waals surface area contributed by atoms with Gasteiger partial charge in [0, 0.05) is 25.6 Å². The van der Waals surface area contributed by atoms with Crippen LogP contribution in [0.15, 0.2) is 24.3 Å². The van der Waals surface area contributed by atoms with Crippen LogP contribution in [-0.2, 0) is 11.3 Å². The maximum absolute atomic E-state index is 11.7. The normalized spacial score (nSPS) is 11.1. The van der Waals surface area contributed by atoms with Gasteiger partial charge in [-0.25, -0.2) is 0 Å². The molecule has 128 valence electrons. The average Bonchev–Trinajstić information content (AvgIpc) is 2.44. The second-order valence-electron chi connectivity index (χ2n) is 5.15. The van der Waals surface area contributed by atoms with Gasteiger partial charge in [-0.3, -0.25) is 4.79 Å². The number of rotatable bonds is 8. The van der Waals surface area contributed by atoms with Crippen LogP contribution in [0, 0.1) is 5.92 Å². The Bertz CT molecular complexity index is 431. The van der Waals surface area contributed by atoms with Crippen LogP contribution >= 0.6 is 24.8 Å². The SMILES string of the molecule is CC(CN)C(=O)NCc1cccc(OCCN(C)C)c1.Cl.Cl. The molecule has 22 heavy (non-hydrogen) atoms. The summed E-state index contributed by atoms with van der Waals surface area (Å²) in [5.41, 5.74) is 6.48. The summed E-state index contributed by atoms with van der Waals surface area (Å²) in [7, 11) is 4.02. The van der Waals surface area contributed by atoms with Crippen LogP contribution in [0.25, 0.3) is 0 Å². The van der Waals surface area contributed by atoms with E-state index in [0.717, 1.165) is 17.9 Å². The fraction of sp³-hybridized carbons (Fsp3) is 0.533. The lowest BCUT2D eigenvalue weighted by molar-refractivity contribution is -0.124. The van der Waals surface area contributed by atoms with Crippen molar-refractivity contribution in [1.82, 2.24) is 10.2 Å². The third kappa shape index (κ3) is 9.10. The summed E-state index contributed by atoms with van der Waals surface area (Å²) in [5.74, 6) is 0.645. The molecule has 1 amide bonds. The van der Waals surface area contributed by atoms with E-state index in [1.54, 1.807) is 0 Å². The highest BCUT2D eigenvalue weighted by Crippen LogP contribution is 2.13. The first-order chi connectivity index (χ1) is 9.52. The fourth-order valence-corrected chi connectivity index (χ4v) is 1.56. The monoisotopic (exact) mass is 351 g/mol. The van der Waals surface area contributed by atoms with Gasteiger partial charge >= 0.3 is 0 Å². The van der Waals surface area contributed by atoms with Gasteiger partial charge in [0.05, 0.1) is 0 Å². The van der Waals surface area contributed by atoms with E-state index in [-0.39, 0.29) is 36.6 Å². The molecule has 0 fully saturated rings. The topological polar surface area (TPSA) is 67.6 Å². The second kappa shape index (κ2) is 12.5. The van der Waals surface area contributed by atoms with E-state index in [4.69, 9.17) is 10.5 Å². The molecule has 0 radical (unpaired) electrons. The number of halogens is 2. The minimum absolute atomic E-state index is 0. The predicted octanol–water partition coefficient (Wildman–Crippen LogP) is 1.68. The molecule has 0 saturated carbocycles. The first-order valence-electron chi connectivity index (χ1n) is 6.87. The van der Waals surface area contributed by atoms with E-state index >= 15 is 0 Å². The molecule has 0 bridgehead atoms. The van der Waals surface area contributed by atoms with Crippen LogP contribution in [0.5, 0.6) is 5.75 Å². The van der Waals surface area contributed by atoms with Crippen LogP contribution in [0.1, 0.15) is 12.5 Å². The van der Waals surface area contributed by atoms with E-state index < -0.39 is 0 Å². The summed E-state index contributed by atoms with van der Waals surface area (Å²) in [6, 6.07) is 7.76. The average molecular weight is 352 g/mol. The molecule has 1 atom stereocenters. The summed E-state index contributed by atoms with van der Waals surface area (Å²) in [6.45, 7) is 4.19. The zero-order valence-corrected chi connectivity index (χ0v) is 15.0. The van der Waals surface area contributed by atoms with E-state index in [1.807, 2.05) is 45.3 Å². The maximum Gasteiger partial charge on any atom is 0.224 e. The van der Waals surface area contributed by atoms with E-state index in [1.165, 1.54) is 0 Å². The zero-order chi connectivity index (χ0) is 15.0. The number of nitrogens with two attached hydrogens (primary N) is 1. The molecule has 1 aromatic rings. The summed E-state index contributed by atoms with van der Waals surface area (Å²) in [6.07, 6.45) is 0. The Kier molecular flexibility index (Phi) is 13.2. The van der Waals surface area contributed by atoms with E-state index in [0.29, 0.717) is 19.7 Å². The van der Waals surface area contributed by atoms with Crippen molar-refractivity contribution in [2.24, 2.45) is 11.7 Å². The van der Waals surface area contributed by atoms with Gasteiger partial charge in [-0.05, 0) is 31.8 Å². The van der Waals surface area contributed by atoms with Gasteiger partial charge in [0.1, 0.15) is 12.4 Å². The van der Waals surface area contributed by atoms with Crippen molar-refractivity contribution in [3.05, 3.63) is 29.8 Å². The molecule has 7 heteroatoms. The Morgan fingerprint density at radius 1 is 1.36 bits per heavy atom. The van der Waals surface area contributed by atoms with Crippen LogP contribution in [0.4, 0.5) is 0 Å². The Hall–Kier alpha value is -1.01. The maximum atomic E-state index is 11.7. The number of ether oxygens (including phenoxy) is 1. The third-order valence-electron chi connectivity index (χ3n) is 2.97. The van der Waals surface area contributed by atoms with Crippen LogP contribution in [0.2, 0.25) is 0 Å². The predicted molar refractivity (Wildman–Crippen MR) is 95.1 cm³/mol. The summed E-state index contributed by atoms with van der Waals surface area (Å²) in [5, 5.41) is 2.87. The summed E-state index contributed by atoms with van der Waals surface area (Å²) < 4.78 is 5.66. The van der Waals surface area contributed by atoms with Gasteiger partial charge in [-0.2, -0.15) is 0 Å². The highest BCUT2D eigenvalue weighted by molar-refractivity contribution is 5.85. The highest BCUT2D eigenvalue weighted by Gasteiger charge is 2.09. The number of carbonyl (C=O) groups is 1. The smallest absolute Gasteiger partial charge is 0.224 e. The number of amides is 1. The first-order valence-corrected chi connectivity index (χ1v) is 6.87. The van der Waals surface area contributed by atoms with Crippen LogP contribution in [-0.4, -0.2) is 44.6 Å². The van der Waals surface area contributed by atoms with Crippen molar-refractivity contribution >= 4 is 30.7 Å². The van der Waals surface area contributed by atoms with Crippen molar-refractivity contribution in [3.63, 3.8) is 0 Å². The van der Waals surface area contributed by atoms with Crippen molar-refractivity contribution in [2.45, 2.75) is 13.5 Å². The van der Waals surface area contributed by atoms with Gasteiger partial charge in [0.15, 0.2) is 0 Å². The number of nitrogens with one attached hydrogen (secondary N) is 1. The van der Waals surface area contributed by atoms with Crippen molar-refractivity contribution < 1.29 is 9.53 Å². The Morgan fingerprint density at radius 3 is 2.64 bits per heavy atom. The lowest BCUT2D eigenvalue weighted by Crippen LogP contribution is -2.32. The van der Waals surface area contributed by atoms with E-state index in [9.17, 15) is 4.79 Å². The van der Waals surface area contributed by atoms with Gasteiger partial charge in [-0.1, -0.05) is 19.1 Å². The molecular formula is C15H27Cl2N3O2. The van der Waals surface area contributed by atoms with Crippen molar-refractivity contribution in [2.75, 3.05) is 33.8 Å². The Labute approximate surface area is 145 Å². The summed E-state index contributed by atoms with van der Waals surface area (Å²) >= 11 is 0. The zero-order valence-electron chi connectivity index (χ0n) is 13.4. The molecular weight excluding hydrogens is 325 g/mol. The van der Waals surface area contributed by atoms with Crippen LogP contribution in [0.3, 0.4) is 0 Å². The largest absolute Gasteiger partial charge is 0.492 e. The minimum atomic E-state index is -0.158. The number of hydrogen-bond acceptors (Lipinski definition) is 4. The van der Waals surface area contributed by atoms with Gasteiger partial charge in [-0.15, -0.1) is 24.8 Å². The third-order valence-corrected chi connectivity index (χ3v) is 2.97. The molecule has 0 saturated heterocycles. The van der Waals surface area contributed by atoms with E-state index in [2.05, 4.69) is 10.2 Å². The van der Waals surface area contributed by atoms with Gasteiger partial charge in [0.2, 0.25) is 5.91 Å². The molecule has 0 aromatic heterocycles. The number of hydrogen-bond donors (Lipinski definition) is 2. The minimum Gasteiger partial charge on any atom is -0.492 e. The molecule has 1 unspecified atom stereocenters. The van der Waals surface area contributed by atoms with Crippen LogP contribution < -0.4 is 15.8 Å². The number of carbonyl (C=O) groups excluding carboxylic acids is 1. The molecule has 0 spiro atoms. The van der Waals surface area contributed by atoms with Gasteiger partial charge < -0.3 is 20.7 Å². The first kappa shape index (κ1) is 23.3. The number of nitrogens with zero attached hydrogens (tertiary/aromatic N) is 1. The Balaban J connectivity index is 0. The number of benzene rings is 1. The highest BCUT2D eigenvalue weighted by atomic mass is 35.5. The summed E-state index contributed by atoms with van der Waals surface area (Å²) in [4.78, 5) is 13.7. The van der Waals surface area contributed by atoms with Gasteiger partial charge in [0.25, 0.3) is 0 Å². The molecule has 0 heterocycles. The second-order valence-corrected chi connectivity index (χ2v) is 5.15. The van der Waals surface area contributed by atoms with Crippen molar-refractivity contribution in [3.8, 4) is 5.75 Å². The molecule has 1 aromatic carbocycles. The standard InChI is InChI=1S/C15H25N3O2.2ClH/c1-12(10-16)15(19)17-11-13-5-4-6-14(9-13)20-8-7-18(2)3;;/h4-6,9,12H,7-8,10-11,16H2,1-3H3,(H,17,19);2*1H. The quantitative estimate of drug-likeness (QED) is 0.747.